The lowest BCUT2D eigenvalue weighted by Crippen LogP contribution is -2.47. The van der Waals surface area contributed by atoms with E-state index >= 15 is 0 Å². The first-order valence-electron chi connectivity index (χ1n) is 6.60. The summed E-state index contributed by atoms with van der Waals surface area (Å²) in [6.45, 7) is 8.12. The van der Waals surface area contributed by atoms with Gasteiger partial charge in [0.2, 0.25) is 0 Å². The molecule has 0 unspecified atom stereocenters. The lowest BCUT2D eigenvalue weighted by atomic mass is 9.89. The molecule has 0 fully saturated rings. The minimum absolute atomic E-state index is 0.0373. The number of rotatable bonds is 5. The van der Waals surface area contributed by atoms with Crippen LogP contribution in [0.25, 0.3) is 0 Å². The van der Waals surface area contributed by atoms with Gasteiger partial charge in [-0.05, 0) is 38.3 Å². The van der Waals surface area contributed by atoms with Crippen LogP contribution in [0.5, 0.6) is 5.75 Å². The average molecular weight is 249 g/mol. The van der Waals surface area contributed by atoms with Crippen LogP contribution in [0.15, 0.2) is 18.2 Å². The van der Waals surface area contributed by atoms with Gasteiger partial charge in [-0.1, -0.05) is 32.4 Å². The highest BCUT2D eigenvalue weighted by atomic mass is 16.3. The van der Waals surface area contributed by atoms with E-state index in [1.807, 2.05) is 6.92 Å². The Morgan fingerprint density at radius 3 is 2.28 bits per heavy atom. The summed E-state index contributed by atoms with van der Waals surface area (Å²) >= 11 is 0. The Labute approximate surface area is 109 Å². The zero-order valence-electron chi connectivity index (χ0n) is 11.7. The Morgan fingerprint density at radius 1 is 1.22 bits per heavy atom. The molecule has 1 amide bonds. The number of amides is 1. The molecule has 100 valence electrons. The van der Waals surface area contributed by atoms with Crippen molar-refractivity contribution in [3.05, 3.63) is 29.3 Å². The van der Waals surface area contributed by atoms with Gasteiger partial charge < -0.3 is 10.4 Å². The van der Waals surface area contributed by atoms with E-state index < -0.39 is 0 Å². The fourth-order valence-electron chi connectivity index (χ4n) is 2.16. The maximum absolute atomic E-state index is 12.2. The molecule has 2 N–H and O–H groups in total. The van der Waals surface area contributed by atoms with Crippen LogP contribution >= 0.6 is 0 Å². The van der Waals surface area contributed by atoms with E-state index in [-0.39, 0.29) is 17.2 Å². The molecule has 3 nitrogen and oxygen atoms in total. The summed E-state index contributed by atoms with van der Waals surface area (Å²) in [6.07, 6.45) is 2.66. The van der Waals surface area contributed by atoms with Gasteiger partial charge in [0.1, 0.15) is 5.75 Å². The highest BCUT2D eigenvalue weighted by Crippen LogP contribution is 2.23. The van der Waals surface area contributed by atoms with Crippen molar-refractivity contribution < 1.29 is 9.90 Å². The summed E-state index contributed by atoms with van der Waals surface area (Å²) in [7, 11) is 0. The summed E-state index contributed by atoms with van der Waals surface area (Å²) in [5, 5.41) is 12.8. The van der Waals surface area contributed by atoms with Crippen molar-refractivity contribution in [3.63, 3.8) is 0 Å². The Balaban J connectivity index is 2.97. The fourth-order valence-corrected chi connectivity index (χ4v) is 2.16. The van der Waals surface area contributed by atoms with E-state index in [1.165, 1.54) is 0 Å². The Bertz CT molecular complexity index is 414. The van der Waals surface area contributed by atoms with Crippen molar-refractivity contribution in [2.45, 2.75) is 52.5 Å². The monoisotopic (exact) mass is 249 g/mol. The van der Waals surface area contributed by atoms with Crippen molar-refractivity contribution >= 4 is 5.91 Å². The summed E-state index contributed by atoms with van der Waals surface area (Å²) in [5.74, 6) is -0.156. The van der Waals surface area contributed by atoms with Crippen molar-refractivity contribution in [2.24, 2.45) is 0 Å². The van der Waals surface area contributed by atoms with Crippen LogP contribution in [0.4, 0.5) is 0 Å². The van der Waals surface area contributed by atoms with Crippen molar-refractivity contribution in [3.8, 4) is 5.75 Å². The van der Waals surface area contributed by atoms with E-state index in [1.54, 1.807) is 18.2 Å². The normalized spacial score (nSPS) is 11.3. The standard InChI is InChI=1S/C15H23NO2/c1-5-15(6-2,7-3)16-14(18)12-10-11(4)8-9-13(12)17/h8-10,17H,5-7H2,1-4H3,(H,16,18). The predicted octanol–water partition coefficient (Wildman–Crippen LogP) is 3.40. The van der Waals surface area contributed by atoms with E-state index in [0.717, 1.165) is 24.8 Å². The van der Waals surface area contributed by atoms with Crippen molar-refractivity contribution in [2.75, 3.05) is 0 Å². The maximum atomic E-state index is 12.2. The van der Waals surface area contributed by atoms with Crippen LogP contribution in [0.3, 0.4) is 0 Å². The molecule has 0 spiro atoms. The molecule has 3 heteroatoms. The molecule has 0 aliphatic heterocycles. The van der Waals surface area contributed by atoms with E-state index in [2.05, 4.69) is 26.1 Å². The second-order valence-corrected chi connectivity index (χ2v) is 4.82. The molecule has 0 saturated heterocycles. The average Bonchev–Trinajstić information content (AvgIpc) is 2.38. The zero-order valence-corrected chi connectivity index (χ0v) is 11.7. The maximum Gasteiger partial charge on any atom is 0.255 e. The smallest absolute Gasteiger partial charge is 0.255 e. The molecule has 0 aromatic heterocycles. The third-order valence-electron chi connectivity index (χ3n) is 3.81. The lowest BCUT2D eigenvalue weighted by molar-refractivity contribution is 0.0885. The van der Waals surface area contributed by atoms with Gasteiger partial charge in [-0.15, -0.1) is 0 Å². The number of aromatic hydroxyl groups is 1. The number of hydrogen-bond acceptors (Lipinski definition) is 2. The van der Waals surface area contributed by atoms with Crippen LogP contribution in [0, 0.1) is 6.92 Å². The SMILES string of the molecule is CCC(CC)(CC)NC(=O)c1cc(C)ccc1O. The predicted molar refractivity (Wildman–Crippen MR) is 73.9 cm³/mol. The minimum atomic E-state index is -0.193. The van der Waals surface area contributed by atoms with Crippen LogP contribution in [0.2, 0.25) is 0 Å². The van der Waals surface area contributed by atoms with Crippen LogP contribution in [-0.2, 0) is 0 Å². The fraction of sp³-hybridized carbons (Fsp3) is 0.533. The number of phenolic OH excluding ortho intramolecular Hbond substituents is 1. The summed E-state index contributed by atoms with van der Waals surface area (Å²) < 4.78 is 0. The van der Waals surface area contributed by atoms with Gasteiger partial charge in [-0.2, -0.15) is 0 Å². The molecular weight excluding hydrogens is 226 g/mol. The third kappa shape index (κ3) is 3.03. The molecule has 18 heavy (non-hydrogen) atoms. The molecule has 0 aliphatic rings. The number of hydrogen-bond donors (Lipinski definition) is 2. The number of carbonyl (C=O) groups is 1. The van der Waals surface area contributed by atoms with Gasteiger partial charge in [0.15, 0.2) is 0 Å². The number of phenols is 1. The number of nitrogens with one attached hydrogen (secondary N) is 1. The van der Waals surface area contributed by atoms with Crippen LogP contribution in [-0.4, -0.2) is 16.6 Å². The van der Waals surface area contributed by atoms with Crippen molar-refractivity contribution in [1.82, 2.24) is 5.32 Å². The van der Waals surface area contributed by atoms with Gasteiger partial charge in [-0.3, -0.25) is 4.79 Å². The van der Waals surface area contributed by atoms with Crippen LogP contribution < -0.4 is 5.32 Å². The lowest BCUT2D eigenvalue weighted by Gasteiger charge is -2.32. The molecule has 0 saturated carbocycles. The molecule has 0 atom stereocenters. The van der Waals surface area contributed by atoms with Crippen molar-refractivity contribution in [1.29, 1.82) is 0 Å². The van der Waals surface area contributed by atoms with Gasteiger partial charge in [0, 0.05) is 5.54 Å². The number of aryl methyl sites for hydroxylation is 1. The molecule has 1 rings (SSSR count). The minimum Gasteiger partial charge on any atom is -0.507 e. The second kappa shape index (κ2) is 5.89. The summed E-state index contributed by atoms with van der Waals surface area (Å²) in [4.78, 5) is 12.2. The molecule has 1 aromatic carbocycles. The van der Waals surface area contributed by atoms with E-state index in [4.69, 9.17) is 0 Å². The highest BCUT2D eigenvalue weighted by molar-refractivity contribution is 5.97. The first-order chi connectivity index (χ1) is 8.48. The first kappa shape index (κ1) is 14.6. The van der Waals surface area contributed by atoms with Gasteiger partial charge in [0.05, 0.1) is 5.56 Å². The molecular formula is C15H23NO2. The molecule has 1 aromatic rings. The van der Waals surface area contributed by atoms with Gasteiger partial charge >= 0.3 is 0 Å². The zero-order chi connectivity index (χ0) is 13.8. The van der Waals surface area contributed by atoms with E-state index in [0.29, 0.717) is 5.56 Å². The third-order valence-corrected chi connectivity index (χ3v) is 3.81. The largest absolute Gasteiger partial charge is 0.507 e. The summed E-state index contributed by atoms with van der Waals surface area (Å²) in [5.41, 5.74) is 1.15. The topological polar surface area (TPSA) is 49.3 Å². The van der Waals surface area contributed by atoms with Gasteiger partial charge in [0.25, 0.3) is 5.91 Å². The molecule has 0 aliphatic carbocycles. The second-order valence-electron chi connectivity index (χ2n) is 4.82. The van der Waals surface area contributed by atoms with E-state index in [9.17, 15) is 9.90 Å². The summed E-state index contributed by atoms with van der Waals surface area (Å²) in [6, 6.07) is 5.07. The highest BCUT2D eigenvalue weighted by Gasteiger charge is 2.27. The van der Waals surface area contributed by atoms with Gasteiger partial charge in [-0.25, -0.2) is 0 Å². The Hall–Kier alpha value is -1.51. The number of carbonyl (C=O) groups excluding carboxylic acids is 1. The first-order valence-corrected chi connectivity index (χ1v) is 6.60. The Morgan fingerprint density at radius 2 is 1.78 bits per heavy atom. The van der Waals surface area contributed by atoms with Crippen LogP contribution in [0.1, 0.15) is 56.0 Å². The molecule has 0 bridgehead atoms. The number of benzene rings is 1. The quantitative estimate of drug-likeness (QED) is 0.840. The molecule has 0 radical (unpaired) electrons. The Kier molecular flexibility index (Phi) is 4.76. The molecule has 0 heterocycles.